The number of carbonyl (C=O) groups excluding carboxylic acids is 1. The molecule has 2 aliphatic rings. The van der Waals surface area contributed by atoms with E-state index in [1.165, 1.54) is 22.3 Å². The molecule has 2 saturated heterocycles. The standard InChI is InChI=1S/C32H39N5O3.C20H26N2O.2ClH/c1-4-39-31(38)32(2,3)27-23-37-29(34-27)17-16-28(35-37)33-19-11-20-36-21-18-26(22-36)40-30(24-12-7-5-8-13-24)25-14-9-6-10-15-25;21-13-7-14-22-15-12-19(16-22)23-20(17-8-3-1-4-9-17)18-10-5-2-6-11-18;;/h5-10,12-17,23,26,30H,4,11,18-22H2,1-3H3,(H,33,35);1-6,8-11,19-20H,7,12-16,21H2;2*1H. The Morgan fingerprint density at radius 1 is 0.708 bits per heavy atom. The largest absolute Gasteiger partial charge is 0.465 e. The summed E-state index contributed by atoms with van der Waals surface area (Å²) in [6.07, 6.45) is 6.45. The van der Waals surface area contributed by atoms with Crippen molar-refractivity contribution in [3.05, 3.63) is 168 Å². The average Bonchev–Trinajstić information content (AvgIpc) is 4.10. The Hall–Kier alpha value is -4.85. The molecule has 3 N–H and O–H groups in total. The lowest BCUT2D eigenvalue weighted by atomic mass is 9.90. The van der Waals surface area contributed by atoms with Gasteiger partial charge in [0.05, 0.1) is 30.7 Å². The second kappa shape index (κ2) is 25.7. The van der Waals surface area contributed by atoms with Gasteiger partial charge in [-0.1, -0.05) is 121 Å². The molecule has 0 radical (unpaired) electrons. The van der Waals surface area contributed by atoms with E-state index in [0.29, 0.717) is 17.9 Å². The monoisotopic (exact) mass is 923 g/mol. The van der Waals surface area contributed by atoms with Gasteiger partial charge in [0.25, 0.3) is 0 Å². The lowest BCUT2D eigenvalue weighted by molar-refractivity contribution is -0.148. The molecule has 0 saturated carbocycles. The van der Waals surface area contributed by atoms with Gasteiger partial charge in [-0.3, -0.25) is 4.79 Å². The Labute approximate surface area is 397 Å². The maximum Gasteiger partial charge on any atom is 0.317 e. The summed E-state index contributed by atoms with van der Waals surface area (Å²) in [6, 6.07) is 45.8. The first kappa shape index (κ1) is 51.1. The van der Waals surface area contributed by atoms with Crippen molar-refractivity contribution in [2.75, 3.05) is 64.3 Å². The van der Waals surface area contributed by atoms with Gasteiger partial charge in [-0.15, -0.1) is 29.9 Å². The highest BCUT2D eigenvalue weighted by Crippen LogP contribution is 2.31. The molecule has 348 valence electrons. The molecule has 8 rings (SSSR count). The van der Waals surface area contributed by atoms with Crippen LogP contribution in [-0.4, -0.2) is 102 Å². The number of fused-ring (bicyclic) bond motifs is 1. The van der Waals surface area contributed by atoms with Crippen LogP contribution >= 0.6 is 24.8 Å². The summed E-state index contributed by atoms with van der Waals surface area (Å²) in [6.45, 7) is 13.6. The molecule has 2 atom stereocenters. The van der Waals surface area contributed by atoms with Crippen molar-refractivity contribution in [3.63, 3.8) is 0 Å². The number of halogens is 2. The summed E-state index contributed by atoms with van der Waals surface area (Å²) in [7, 11) is 0. The number of rotatable bonds is 19. The fraction of sp³-hybridized carbons (Fsp3) is 0.404. The van der Waals surface area contributed by atoms with Gasteiger partial charge in [0, 0.05) is 32.7 Å². The molecule has 2 aromatic heterocycles. The quantitative estimate of drug-likeness (QED) is 0.0601. The van der Waals surface area contributed by atoms with Crippen LogP contribution in [0.4, 0.5) is 5.82 Å². The van der Waals surface area contributed by atoms with Crippen LogP contribution in [-0.2, 0) is 24.4 Å². The van der Waals surface area contributed by atoms with Crippen molar-refractivity contribution in [3.8, 4) is 0 Å². The zero-order valence-electron chi connectivity index (χ0n) is 38.0. The first-order valence-corrected chi connectivity index (χ1v) is 22.7. The summed E-state index contributed by atoms with van der Waals surface area (Å²) in [4.78, 5) is 21.9. The molecule has 13 heteroatoms. The molecule has 0 spiro atoms. The van der Waals surface area contributed by atoms with Crippen molar-refractivity contribution >= 4 is 42.2 Å². The van der Waals surface area contributed by atoms with Crippen molar-refractivity contribution in [1.82, 2.24) is 24.4 Å². The highest BCUT2D eigenvalue weighted by atomic mass is 35.5. The molecule has 2 fully saturated rings. The lowest BCUT2D eigenvalue weighted by Crippen LogP contribution is -2.31. The minimum atomic E-state index is -0.836. The van der Waals surface area contributed by atoms with E-state index in [2.05, 4.69) is 134 Å². The van der Waals surface area contributed by atoms with Crippen molar-refractivity contribution in [2.45, 2.75) is 76.3 Å². The normalized spacial score (nSPS) is 16.5. The number of anilines is 1. The molecular weight excluding hydrogens is 858 g/mol. The number of likely N-dealkylation sites (tertiary alicyclic amines) is 2. The summed E-state index contributed by atoms with van der Waals surface area (Å²) in [5.41, 5.74) is 10.9. The third-order valence-electron chi connectivity index (χ3n) is 11.9. The number of benzene rings is 4. The van der Waals surface area contributed by atoms with Crippen molar-refractivity contribution in [2.24, 2.45) is 5.73 Å². The Kier molecular flexibility index (Phi) is 20.3. The van der Waals surface area contributed by atoms with Gasteiger partial charge in [-0.25, -0.2) is 9.50 Å². The van der Waals surface area contributed by atoms with Gasteiger partial charge in [0.2, 0.25) is 0 Å². The van der Waals surface area contributed by atoms with E-state index in [1.807, 2.05) is 38.1 Å². The number of nitrogens with two attached hydrogens (primary N) is 1. The Balaban J connectivity index is 0.000000271. The van der Waals surface area contributed by atoms with Crippen LogP contribution in [0.15, 0.2) is 140 Å². The van der Waals surface area contributed by atoms with Crippen LogP contribution in [0.25, 0.3) is 5.65 Å². The van der Waals surface area contributed by atoms with E-state index in [4.69, 9.17) is 19.9 Å². The molecule has 2 aliphatic heterocycles. The van der Waals surface area contributed by atoms with Gasteiger partial charge in [-0.05, 0) is 100 Å². The summed E-state index contributed by atoms with van der Waals surface area (Å²) in [5.74, 6) is 0.489. The van der Waals surface area contributed by atoms with Crippen LogP contribution in [0.2, 0.25) is 0 Å². The smallest absolute Gasteiger partial charge is 0.317 e. The number of hydrogen-bond acceptors (Lipinski definition) is 10. The molecule has 11 nitrogen and oxygen atoms in total. The van der Waals surface area contributed by atoms with E-state index in [9.17, 15) is 4.79 Å². The fourth-order valence-electron chi connectivity index (χ4n) is 8.35. The molecule has 6 aromatic rings. The van der Waals surface area contributed by atoms with E-state index < -0.39 is 5.41 Å². The first-order valence-electron chi connectivity index (χ1n) is 22.7. The zero-order valence-corrected chi connectivity index (χ0v) is 39.7. The maximum absolute atomic E-state index is 12.4. The number of imidazole rings is 1. The number of esters is 1. The SMILES string of the molecule is CCOC(=O)C(C)(C)c1cn2nc(NCCCN3CCC(OC(c4ccccc4)c4ccccc4)C3)ccc2n1.Cl.Cl.NCCCN1CCC(OC(c2ccccc2)c2ccccc2)C1. The average molecular weight is 925 g/mol. The number of ether oxygens (including phenoxy) is 3. The van der Waals surface area contributed by atoms with Crippen LogP contribution in [0.3, 0.4) is 0 Å². The lowest BCUT2D eigenvalue weighted by Gasteiger charge is -2.23. The first-order chi connectivity index (χ1) is 30.8. The number of aromatic nitrogens is 3. The van der Waals surface area contributed by atoms with Crippen molar-refractivity contribution in [1.29, 1.82) is 0 Å². The number of nitrogens with zero attached hydrogens (tertiary/aromatic N) is 5. The highest BCUT2D eigenvalue weighted by Gasteiger charge is 2.34. The molecule has 4 heterocycles. The second-order valence-corrected chi connectivity index (χ2v) is 17.0. The van der Waals surface area contributed by atoms with E-state index in [1.54, 1.807) is 17.6 Å². The predicted octanol–water partition coefficient (Wildman–Crippen LogP) is 9.31. The topological polar surface area (TPSA) is 119 Å². The van der Waals surface area contributed by atoms with Gasteiger partial charge in [0.15, 0.2) is 5.65 Å². The minimum absolute atomic E-state index is 0. The molecular formula is C52H67Cl2N7O4. The van der Waals surface area contributed by atoms with Crippen molar-refractivity contribution < 1.29 is 19.0 Å². The van der Waals surface area contributed by atoms with E-state index in [0.717, 1.165) is 83.9 Å². The Morgan fingerprint density at radius 2 is 1.17 bits per heavy atom. The molecule has 0 aliphatic carbocycles. The van der Waals surface area contributed by atoms with Gasteiger partial charge in [-0.2, -0.15) is 0 Å². The number of carbonyl (C=O) groups is 1. The van der Waals surface area contributed by atoms with Crippen LogP contribution in [0, 0.1) is 0 Å². The Morgan fingerprint density at radius 3 is 1.62 bits per heavy atom. The fourth-order valence-corrected chi connectivity index (χ4v) is 8.35. The second-order valence-electron chi connectivity index (χ2n) is 17.0. The maximum atomic E-state index is 12.4. The molecule has 0 bridgehead atoms. The number of hydrogen-bond donors (Lipinski definition) is 2. The molecule has 0 amide bonds. The molecule has 2 unspecified atom stereocenters. The van der Waals surface area contributed by atoms with Crippen LogP contribution in [0.1, 0.15) is 86.6 Å². The predicted molar refractivity (Wildman–Crippen MR) is 265 cm³/mol. The summed E-state index contributed by atoms with van der Waals surface area (Å²) in [5, 5.41) is 8.07. The summed E-state index contributed by atoms with van der Waals surface area (Å²) >= 11 is 0. The van der Waals surface area contributed by atoms with Gasteiger partial charge in [0.1, 0.15) is 23.4 Å². The number of nitrogens with one attached hydrogen (secondary N) is 1. The van der Waals surface area contributed by atoms with E-state index in [-0.39, 0.29) is 55.2 Å². The third-order valence-corrected chi connectivity index (χ3v) is 11.9. The minimum Gasteiger partial charge on any atom is -0.465 e. The van der Waals surface area contributed by atoms with Gasteiger partial charge >= 0.3 is 5.97 Å². The van der Waals surface area contributed by atoms with E-state index >= 15 is 0 Å². The third kappa shape index (κ3) is 14.3. The van der Waals surface area contributed by atoms with Gasteiger partial charge < -0.3 is 35.1 Å². The Bertz CT molecular complexity index is 2190. The highest BCUT2D eigenvalue weighted by molar-refractivity contribution is 5.85. The van der Waals surface area contributed by atoms with Crippen LogP contribution in [0.5, 0.6) is 0 Å². The molecule has 4 aromatic carbocycles. The molecule has 65 heavy (non-hydrogen) atoms. The summed E-state index contributed by atoms with van der Waals surface area (Å²) < 4.78 is 20.1. The zero-order chi connectivity index (χ0) is 43.9. The van der Waals surface area contributed by atoms with Crippen LogP contribution < -0.4 is 11.1 Å².